The Bertz CT molecular complexity index is 395. The molecule has 4 heteroatoms. The summed E-state index contributed by atoms with van der Waals surface area (Å²) in [5, 5.41) is 3.56. The van der Waals surface area contributed by atoms with Crippen molar-refractivity contribution in [2.45, 2.75) is 25.8 Å². The zero-order chi connectivity index (χ0) is 13.0. The SMILES string of the molecule is CCOc1cc(NC2CCCN(C)C2)ccc1N. The molecule has 2 rings (SSSR count). The third kappa shape index (κ3) is 3.29. The van der Waals surface area contributed by atoms with Crippen LogP contribution in [0.4, 0.5) is 11.4 Å². The van der Waals surface area contributed by atoms with Gasteiger partial charge in [-0.3, -0.25) is 0 Å². The largest absolute Gasteiger partial charge is 0.492 e. The van der Waals surface area contributed by atoms with Crippen LogP contribution in [-0.2, 0) is 0 Å². The second-order valence-electron chi connectivity index (χ2n) is 4.93. The van der Waals surface area contributed by atoms with Gasteiger partial charge in [0.05, 0.1) is 12.3 Å². The van der Waals surface area contributed by atoms with Crippen LogP contribution >= 0.6 is 0 Å². The number of nitrogen functional groups attached to an aromatic ring is 1. The molecule has 1 atom stereocenters. The van der Waals surface area contributed by atoms with Gasteiger partial charge in [-0.1, -0.05) is 0 Å². The van der Waals surface area contributed by atoms with Crippen molar-refractivity contribution in [3.63, 3.8) is 0 Å². The van der Waals surface area contributed by atoms with Crippen molar-refractivity contribution in [3.05, 3.63) is 18.2 Å². The number of rotatable bonds is 4. The van der Waals surface area contributed by atoms with Crippen LogP contribution in [0.2, 0.25) is 0 Å². The molecule has 1 fully saturated rings. The summed E-state index contributed by atoms with van der Waals surface area (Å²) < 4.78 is 5.51. The van der Waals surface area contributed by atoms with Crippen LogP contribution in [0.3, 0.4) is 0 Å². The van der Waals surface area contributed by atoms with Crippen molar-refractivity contribution in [3.8, 4) is 5.75 Å². The summed E-state index contributed by atoms with van der Waals surface area (Å²) in [7, 11) is 2.17. The number of likely N-dealkylation sites (N-methyl/N-ethyl adjacent to an activating group) is 1. The first-order valence-corrected chi connectivity index (χ1v) is 6.66. The van der Waals surface area contributed by atoms with Crippen LogP contribution in [-0.4, -0.2) is 37.7 Å². The molecule has 100 valence electrons. The van der Waals surface area contributed by atoms with E-state index in [1.807, 2.05) is 25.1 Å². The molecule has 1 aliphatic heterocycles. The van der Waals surface area contributed by atoms with Crippen molar-refractivity contribution < 1.29 is 4.74 Å². The molecule has 1 aromatic carbocycles. The molecule has 0 spiro atoms. The van der Waals surface area contributed by atoms with Gasteiger partial charge in [-0.15, -0.1) is 0 Å². The molecule has 0 aromatic heterocycles. The molecule has 0 amide bonds. The molecule has 1 saturated heterocycles. The molecule has 18 heavy (non-hydrogen) atoms. The number of hydrogen-bond donors (Lipinski definition) is 2. The van der Waals surface area contributed by atoms with Crippen LogP contribution in [0.5, 0.6) is 5.75 Å². The van der Waals surface area contributed by atoms with Gasteiger partial charge in [0, 0.05) is 24.3 Å². The Morgan fingerprint density at radius 2 is 2.33 bits per heavy atom. The summed E-state index contributed by atoms with van der Waals surface area (Å²) in [5.74, 6) is 0.770. The first kappa shape index (κ1) is 13.0. The van der Waals surface area contributed by atoms with Gasteiger partial charge in [0.25, 0.3) is 0 Å². The summed E-state index contributed by atoms with van der Waals surface area (Å²) in [6, 6.07) is 6.43. The Kier molecular flexibility index (Phi) is 4.31. The van der Waals surface area contributed by atoms with E-state index in [2.05, 4.69) is 17.3 Å². The monoisotopic (exact) mass is 249 g/mol. The van der Waals surface area contributed by atoms with E-state index >= 15 is 0 Å². The molecule has 1 aromatic rings. The van der Waals surface area contributed by atoms with Crippen LogP contribution in [0.15, 0.2) is 18.2 Å². The van der Waals surface area contributed by atoms with E-state index < -0.39 is 0 Å². The maximum absolute atomic E-state index is 5.87. The van der Waals surface area contributed by atoms with Crippen molar-refractivity contribution in [2.24, 2.45) is 0 Å². The minimum Gasteiger partial charge on any atom is -0.492 e. The van der Waals surface area contributed by atoms with Gasteiger partial charge >= 0.3 is 0 Å². The van der Waals surface area contributed by atoms with Gasteiger partial charge < -0.3 is 20.7 Å². The topological polar surface area (TPSA) is 50.5 Å². The quantitative estimate of drug-likeness (QED) is 0.803. The highest BCUT2D eigenvalue weighted by molar-refractivity contribution is 5.61. The molecule has 0 bridgehead atoms. The van der Waals surface area contributed by atoms with Gasteiger partial charge in [-0.25, -0.2) is 0 Å². The molecular formula is C14H23N3O. The minimum atomic E-state index is 0.516. The molecule has 0 radical (unpaired) electrons. The Hall–Kier alpha value is -1.42. The molecular weight excluding hydrogens is 226 g/mol. The van der Waals surface area contributed by atoms with E-state index in [0.717, 1.165) is 18.0 Å². The highest BCUT2D eigenvalue weighted by Gasteiger charge is 2.17. The summed E-state index contributed by atoms with van der Waals surface area (Å²) in [4.78, 5) is 2.36. The minimum absolute atomic E-state index is 0.516. The highest BCUT2D eigenvalue weighted by atomic mass is 16.5. The Morgan fingerprint density at radius 3 is 3.06 bits per heavy atom. The van der Waals surface area contributed by atoms with Crippen molar-refractivity contribution in [1.82, 2.24) is 4.90 Å². The summed E-state index contributed by atoms with van der Waals surface area (Å²) in [5.41, 5.74) is 7.66. The van der Waals surface area contributed by atoms with Gasteiger partial charge in [-0.2, -0.15) is 0 Å². The fourth-order valence-electron chi connectivity index (χ4n) is 2.42. The van der Waals surface area contributed by atoms with E-state index in [1.165, 1.54) is 19.4 Å². The Labute approximate surface area is 109 Å². The van der Waals surface area contributed by atoms with Gasteiger partial charge in [-0.05, 0) is 45.5 Å². The Balaban J connectivity index is 2.02. The van der Waals surface area contributed by atoms with E-state index in [9.17, 15) is 0 Å². The zero-order valence-electron chi connectivity index (χ0n) is 11.3. The summed E-state index contributed by atoms with van der Waals surface area (Å²) in [6.45, 7) is 4.90. The number of hydrogen-bond acceptors (Lipinski definition) is 4. The zero-order valence-corrected chi connectivity index (χ0v) is 11.3. The van der Waals surface area contributed by atoms with E-state index in [-0.39, 0.29) is 0 Å². The standard InChI is InChI=1S/C14H23N3O/c1-3-18-14-9-11(6-7-13(14)15)16-12-5-4-8-17(2)10-12/h6-7,9,12,16H,3-5,8,10,15H2,1-2H3. The third-order valence-electron chi connectivity index (χ3n) is 3.31. The Morgan fingerprint density at radius 1 is 1.50 bits per heavy atom. The number of nitrogens with zero attached hydrogens (tertiary/aromatic N) is 1. The maximum Gasteiger partial charge on any atom is 0.144 e. The summed E-state index contributed by atoms with van der Waals surface area (Å²) in [6.07, 6.45) is 2.47. The lowest BCUT2D eigenvalue weighted by Crippen LogP contribution is -2.39. The van der Waals surface area contributed by atoms with Crippen LogP contribution in [0, 0.1) is 0 Å². The first-order valence-electron chi connectivity index (χ1n) is 6.66. The number of nitrogens with one attached hydrogen (secondary N) is 1. The lowest BCUT2D eigenvalue weighted by Gasteiger charge is -2.31. The molecule has 4 nitrogen and oxygen atoms in total. The highest BCUT2D eigenvalue weighted by Crippen LogP contribution is 2.26. The van der Waals surface area contributed by atoms with Crippen LogP contribution in [0.25, 0.3) is 0 Å². The average molecular weight is 249 g/mol. The number of benzene rings is 1. The first-order chi connectivity index (χ1) is 8.69. The van der Waals surface area contributed by atoms with E-state index in [1.54, 1.807) is 0 Å². The van der Waals surface area contributed by atoms with Gasteiger partial charge in [0.2, 0.25) is 0 Å². The fraction of sp³-hybridized carbons (Fsp3) is 0.571. The summed E-state index contributed by atoms with van der Waals surface area (Å²) >= 11 is 0. The normalized spacial score (nSPS) is 20.7. The number of ether oxygens (including phenoxy) is 1. The van der Waals surface area contributed by atoms with Crippen molar-refractivity contribution in [2.75, 3.05) is 37.8 Å². The lowest BCUT2D eigenvalue weighted by molar-refractivity contribution is 0.261. The fourth-order valence-corrected chi connectivity index (χ4v) is 2.42. The van der Waals surface area contributed by atoms with Crippen LogP contribution in [0.1, 0.15) is 19.8 Å². The van der Waals surface area contributed by atoms with E-state index in [0.29, 0.717) is 18.3 Å². The third-order valence-corrected chi connectivity index (χ3v) is 3.31. The second-order valence-corrected chi connectivity index (χ2v) is 4.93. The molecule has 0 aliphatic carbocycles. The van der Waals surface area contributed by atoms with Crippen LogP contribution < -0.4 is 15.8 Å². The van der Waals surface area contributed by atoms with Gasteiger partial charge in [0.15, 0.2) is 0 Å². The molecule has 1 heterocycles. The molecule has 0 saturated carbocycles. The average Bonchev–Trinajstić information content (AvgIpc) is 2.34. The second kappa shape index (κ2) is 5.96. The van der Waals surface area contributed by atoms with Crippen molar-refractivity contribution >= 4 is 11.4 Å². The number of likely N-dealkylation sites (tertiary alicyclic amines) is 1. The number of anilines is 2. The smallest absolute Gasteiger partial charge is 0.144 e. The molecule has 1 aliphatic rings. The molecule has 3 N–H and O–H groups in total. The molecule has 1 unspecified atom stereocenters. The maximum atomic E-state index is 5.87. The lowest BCUT2D eigenvalue weighted by atomic mass is 10.1. The predicted molar refractivity (Wildman–Crippen MR) is 76.2 cm³/mol. The van der Waals surface area contributed by atoms with E-state index in [4.69, 9.17) is 10.5 Å². The number of piperidine rings is 1. The predicted octanol–water partition coefficient (Wildman–Crippen LogP) is 2.17. The van der Waals surface area contributed by atoms with Crippen molar-refractivity contribution in [1.29, 1.82) is 0 Å². The number of nitrogens with two attached hydrogens (primary N) is 1. The van der Waals surface area contributed by atoms with Gasteiger partial charge in [0.1, 0.15) is 5.75 Å².